The lowest BCUT2D eigenvalue weighted by Gasteiger charge is -2.39. The fraction of sp³-hybridized carbons (Fsp3) is 0.923. The fourth-order valence-corrected chi connectivity index (χ4v) is 2.66. The van der Waals surface area contributed by atoms with E-state index in [2.05, 4.69) is 18.7 Å². The third kappa shape index (κ3) is 4.28. The van der Waals surface area contributed by atoms with E-state index in [0.29, 0.717) is 12.6 Å². The molecule has 4 heteroatoms. The quantitative estimate of drug-likeness (QED) is 0.783. The number of likely N-dealkylation sites (tertiary alicyclic amines) is 1. The van der Waals surface area contributed by atoms with E-state index in [1.165, 1.54) is 19.3 Å². The van der Waals surface area contributed by atoms with Crippen molar-refractivity contribution in [2.75, 3.05) is 26.2 Å². The second-order valence-electron chi connectivity index (χ2n) is 5.24. The van der Waals surface area contributed by atoms with Gasteiger partial charge in [-0.25, -0.2) is 0 Å². The number of nitrogens with zero attached hydrogens (tertiary/aromatic N) is 2. The van der Waals surface area contributed by atoms with Gasteiger partial charge in [0, 0.05) is 38.6 Å². The van der Waals surface area contributed by atoms with E-state index in [4.69, 9.17) is 5.73 Å². The molecule has 0 aromatic rings. The molecule has 0 radical (unpaired) electrons. The largest absolute Gasteiger partial charge is 0.339 e. The van der Waals surface area contributed by atoms with Crippen LogP contribution in [0, 0.1) is 0 Å². The molecule has 0 spiro atoms. The summed E-state index contributed by atoms with van der Waals surface area (Å²) in [5.74, 6) is 0.179. The van der Waals surface area contributed by atoms with Crippen molar-refractivity contribution in [3.05, 3.63) is 0 Å². The maximum Gasteiger partial charge on any atom is 0.219 e. The van der Waals surface area contributed by atoms with E-state index in [9.17, 15) is 4.79 Å². The molecule has 2 N–H and O–H groups in total. The number of hydrogen-bond acceptors (Lipinski definition) is 3. The van der Waals surface area contributed by atoms with Gasteiger partial charge in [0.05, 0.1) is 0 Å². The molecule has 1 saturated heterocycles. The van der Waals surface area contributed by atoms with Gasteiger partial charge < -0.3 is 10.6 Å². The average molecular weight is 241 g/mol. The summed E-state index contributed by atoms with van der Waals surface area (Å²) in [6.45, 7) is 9.47. The molecule has 100 valence electrons. The first kappa shape index (κ1) is 14.5. The predicted molar refractivity (Wildman–Crippen MR) is 70.8 cm³/mol. The van der Waals surface area contributed by atoms with Crippen LogP contribution in [0.4, 0.5) is 0 Å². The number of rotatable bonds is 5. The summed E-state index contributed by atoms with van der Waals surface area (Å²) in [5.41, 5.74) is 5.65. The van der Waals surface area contributed by atoms with Crippen LogP contribution >= 0.6 is 0 Å². The Morgan fingerprint density at radius 1 is 1.47 bits per heavy atom. The number of carbonyl (C=O) groups is 1. The summed E-state index contributed by atoms with van der Waals surface area (Å²) in [6.07, 6.45) is 3.73. The summed E-state index contributed by atoms with van der Waals surface area (Å²) >= 11 is 0. The van der Waals surface area contributed by atoms with Crippen molar-refractivity contribution in [2.45, 2.75) is 52.1 Å². The molecule has 1 heterocycles. The first-order chi connectivity index (χ1) is 8.06. The molecule has 1 amide bonds. The van der Waals surface area contributed by atoms with Gasteiger partial charge in [0.1, 0.15) is 0 Å². The Balaban J connectivity index is 2.58. The smallest absolute Gasteiger partial charge is 0.219 e. The second kappa shape index (κ2) is 6.97. The molecule has 0 bridgehead atoms. The standard InChI is InChI=1S/C13H27N3O/c1-11(2)16(12(3)17)10-13-6-4-5-8-15(13)9-7-14/h11,13H,4-10,14H2,1-3H3/t13-/m0/s1. The van der Waals surface area contributed by atoms with Crippen LogP contribution in [-0.2, 0) is 4.79 Å². The SMILES string of the molecule is CC(=O)N(C[C@@H]1CCCCN1CCN)C(C)C. The maximum atomic E-state index is 11.6. The highest BCUT2D eigenvalue weighted by molar-refractivity contribution is 5.73. The molecule has 0 aromatic carbocycles. The summed E-state index contributed by atoms with van der Waals surface area (Å²) in [7, 11) is 0. The van der Waals surface area contributed by atoms with E-state index in [-0.39, 0.29) is 11.9 Å². The third-order valence-corrected chi connectivity index (χ3v) is 3.60. The van der Waals surface area contributed by atoms with E-state index < -0.39 is 0 Å². The molecule has 1 aliphatic heterocycles. The third-order valence-electron chi connectivity index (χ3n) is 3.60. The summed E-state index contributed by atoms with van der Waals surface area (Å²) in [4.78, 5) is 16.0. The first-order valence-corrected chi connectivity index (χ1v) is 6.77. The molecule has 0 saturated carbocycles. The van der Waals surface area contributed by atoms with Crippen LogP contribution in [0.5, 0.6) is 0 Å². The lowest BCUT2D eigenvalue weighted by molar-refractivity contribution is -0.131. The Kier molecular flexibility index (Phi) is 5.92. The van der Waals surface area contributed by atoms with E-state index in [1.807, 2.05) is 4.90 Å². The summed E-state index contributed by atoms with van der Waals surface area (Å²) < 4.78 is 0. The van der Waals surface area contributed by atoms with Crippen LogP contribution in [0.3, 0.4) is 0 Å². The van der Waals surface area contributed by atoms with Crippen LogP contribution in [0.2, 0.25) is 0 Å². The van der Waals surface area contributed by atoms with Crippen LogP contribution in [0.1, 0.15) is 40.0 Å². The van der Waals surface area contributed by atoms with Gasteiger partial charge in [0.2, 0.25) is 5.91 Å². The molecular weight excluding hydrogens is 214 g/mol. The number of piperidine rings is 1. The van der Waals surface area contributed by atoms with Gasteiger partial charge in [-0.2, -0.15) is 0 Å². The fourth-order valence-electron chi connectivity index (χ4n) is 2.66. The van der Waals surface area contributed by atoms with Crippen molar-refractivity contribution in [3.63, 3.8) is 0 Å². The molecule has 1 aliphatic rings. The minimum absolute atomic E-state index is 0.179. The van der Waals surface area contributed by atoms with Crippen LogP contribution in [-0.4, -0.2) is 54.0 Å². The number of carbonyl (C=O) groups excluding carboxylic acids is 1. The van der Waals surface area contributed by atoms with Gasteiger partial charge in [-0.3, -0.25) is 9.69 Å². The minimum atomic E-state index is 0.179. The lowest BCUT2D eigenvalue weighted by atomic mass is 10.0. The maximum absolute atomic E-state index is 11.6. The highest BCUT2D eigenvalue weighted by atomic mass is 16.2. The Morgan fingerprint density at radius 3 is 2.71 bits per heavy atom. The Morgan fingerprint density at radius 2 is 2.18 bits per heavy atom. The van der Waals surface area contributed by atoms with E-state index in [0.717, 1.165) is 19.6 Å². The molecular formula is C13H27N3O. The molecule has 4 nitrogen and oxygen atoms in total. The van der Waals surface area contributed by atoms with Crippen molar-refractivity contribution in [3.8, 4) is 0 Å². The highest BCUT2D eigenvalue weighted by Crippen LogP contribution is 2.18. The Labute approximate surface area is 105 Å². The molecule has 0 unspecified atom stereocenters. The average Bonchev–Trinajstić information content (AvgIpc) is 2.27. The molecule has 1 fully saturated rings. The first-order valence-electron chi connectivity index (χ1n) is 6.77. The second-order valence-corrected chi connectivity index (χ2v) is 5.24. The lowest BCUT2D eigenvalue weighted by Crippen LogP contribution is -2.50. The van der Waals surface area contributed by atoms with Crippen molar-refractivity contribution >= 4 is 5.91 Å². The zero-order valence-corrected chi connectivity index (χ0v) is 11.5. The molecule has 0 aliphatic carbocycles. The van der Waals surface area contributed by atoms with Crippen LogP contribution in [0.25, 0.3) is 0 Å². The van der Waals surface area contributed by atoms with Gasteiger partial charge in [0.25, 0.3) is 0 Å². The van der Waals surface area contributed by atoms with Gasteiger partial charge in [-0.1, -0.05) is 6.42 Å². The Bertz CT molecular complexity index is 241. The number of nitrogens with two attached hydrogens (primary N) is 1. The van der Waals surface area contributed by atoms with Crippen LogP contribution in [0.15, 0.2) is 0 Å². The zero-order chi connectivity index (χ0) is 12.8. The van der Waals surface area contributed by atoms with Crippen molar-refractivity contribution < 1.29 is 4.79 Å². The molecule has 1 rings (SSSR count). The van der Waals surface area contributed by atoms with Crippen molar-refractivity contribution in [1.82, 2.24) is 9.80 Å². The zero-order valence-electron chi connectivity index (χ0n) is 11.5. The molecule has 0 aromatic heterocycles. The molecule has 1 atom stereocenters. The normalized spacial score (nSPS) is 21.8. The minimum Gasteiger partial charge on any atom is -0.339 e. The Hall–Kier alpha value is -0.610. The van der Waals surface area contributed by atoms with Crippen molar-refractivity contribution in [1.29, 1.82) is 0 Å². The van der Waals surface area contributed by atoms with Crippen LogP contribution < -0.4 is 5.73 Å². The van der Waals surface area contributed by atoms with E-state index >= 15 is 0 Å². The number of amides is 1. The molecule has 17 heavy (non-hydrogen) atoms. The van der Waals surface area contributed by atoms with Gasteiger partial charge in [-0.15, -0.1) is 0 Å². The van der Waals surface area contributed by atoms with E-state index in [1.54, 1.807) is 6.92 Å². The number of hydrogen-bond donors (Lipinski definition) is 1. The highest BCUT2D eigenvalue weighted by Gasteiger charge is 2.25. The topological polar surface area (TPSA) is 49.6 Å². The summed E-state index contributed by atoms with van der Waals surface area (Å²) in [5, 5.41) is 0. The van der Waals surface area contributed by atoms with Crippen molar-refractivity contribution in [2.24, 2.45) is 5.73 Å². The van der Waals surface area contributed by atoms with Gasteiger partial charge >= 0.3 is 0 Å². The van der Waals surface area contributed by atoms with Gasteiger partial charge in [0.15, 0.2) is 0 Å². The summed E-state index contributed by atoms with van der Waals surface area (Å²) in [6, 6.07) is 0.785. The monoisotopic (exact) mass is 241 g/mol. The predicted octanol–water partition coefficient (Wildman–Crippen LogP) is 1.06. The van der Waals surface area contributed by atoms with Gasteiger partial charge in [-0.05, 0) is 33.2 Å².